The molecule has 0 radical (unpaired) electrons. The minimum Gasteiger partial charge on any atom is -0.380 e. The molecule has 0 unspecified atom stereocenters. The molecule has 0 bridgehead atoms. The monoisotopic (exact) mass is 267 g/mol. The Balaban J connectivity index is 1.44. The molecule has 0 spiro atoms. The van der Waals surface area contributed by atoms with Gasteiger partial charge in [-0.15, -0.1) is 11.3 Å². The molecule has 1 aromatic heterocycles. The molecular formula is C15H25NOS. The van der Waals surface area contributed by atoms with Crippen LogP contribution < -0.4 is 5.32 Å². The number of nitrogens with one attached hydrogen (secondary N) is 1. The van der Waals surface area contributed by atoms with E-state index in [1.807, 2.05) is 11.3 Å². The lowest BCUT2D eigenvalue weighted by Gasteiger charge is -2.26. The highest BCUT2D eigenvalue weighted by molar-refractivity contribution is 7.09. The van der Waals surface area contributed by atoms with Crippen molar-refractivity contribution in [2.45, 2.75) is 45.1 Å². The first-order valence-electron chi connectivity index (χ1n) is 7.18. The van der Waals surface area contributed by atoms with Crippen molar-refractivity contribution in [3.63, 3.8) is 0 Å². The molecule has 102 valence electrons. The van der Waals surface area contributed by atoms with Gasteiger partial charge in [0.2, 0.25) is 0 Å². The molecule has 1 aromatic rings. The highest BCUT2D eigenvalue weighted by Gasteiger charge is 2.16. The minimum atomic E-state index is 0.738. The van der Waals surface area contributed by atoms with Gasteiger partial charge in [0, 0.05) is 23.9 Å². The summed E-state index contributed by atoms with van der Waals surface area (Å²) in [6.07, 6.45) is 6.51. The molecule has 0 aliphatic heterocycles. The van der Waals surface area contributed by atoms with Crippen molar-refractivity contribution in [2.75, 3.05) is 19.8 Å². The van der Waals surface area contributed by atoms with Gasteiger partial charge in [0.15, 0.2) is 0 Å². The third kappa shape index (κ3) is 5.09. The summed E-state index contributed by atoms with van der Waals surface area (Å²) in [5, 5.41) is 5.74. The fourth-order valence-corrected chi connectivity index (χ4v) is 3.22. The van der Waals surface area contributed by atoms with E-state index in [2.05, 4.69) is 29.8 Å². The molecule has 0 atom stereocenters. The normalized spacial score (nSPS) is 24.3. The maximum Gasteiger partial charge on any atom is 0.0591 e. The van der Waals surface area contributed by atoms with E-state index in [0.29, 0.717) is 0 Å². The van der Waals surface area contributed by atoms with Crippen LogP contribution >= 0.6 is 11.3 Å². The second-order valence-corrected chi connectivity index (χ2v) is 6.38. The molecule has 1 saturated carbocycles. The van der Waals surface area contributed by atoms with E-state index < -0.39 is 0 Å². The molecule has 2 rings (SSSR count). The maximum atomic E-state index is 5.66. The second kappa shape index (κ2) is 7.93. The van der Waals surface area contributed by atoms with Gasteiger partial charge in [0.1, 0.15) is 0 Å². The van der Waals surface area contributed by atoms with Gasteiger partial charge >= 0.3 is 0 Å². The van der Waals surface area contributed by atoms with Gasteiger partial charge in [-0.3, -0.25) is 0 Å². The summed E-state index contributed by atoms with van der Waals surface area (Å²) in [5.74, 6) is 0.935. The van der Waals surface area contributed by atoms with Crippen LogP contribution in [0.25, 0.3) is 0 Å². The Labute approximate surface area is 115 Å². The first kappa shape index (κ1) is 14.0. The van der Waals surface area contributed by atoms with Crippen LogP contribution in [0.4, 0.5) is 0 Å². The topological polar surface area (TPSA) is 21.3 Å². The van der Waals surface area contributed by atoms with Crippen LogP contribution in [-0.4, -0.2) is 25.8 Å². The van der Waals surface area contributed by atoms with Crippen molar-refractivity contribution in [3.8, 4) is 0 Å². The fraction of sp³-hybridized carbons (Fsp3) is 0.733. The predicted octanol–water partition coefficient (Wildman–Crippen LogP) is 3.48. The lowest BCUT2D eigenvalue weighted by Crippen LogP contribution is -2.35. The van der Waals surface area contributed by atoms with Gasteiger partial charge in [-0.2, -0.15) is 0 Å². The molecule has 18 heavy (non-hydrogen) atoms. The molecule has 0 saturated heterocycles. The maximum absolute atomic E-state index is 5.66. The summed E-state index contributed by atoms with van der Waals surface area (Å²) in [5.41, 5.74) is 0. The largest absolute Gasteiger partial charge is 0.380 e. The first-order valence-corrected chi connectivity index (χ1v) is 8.06. The quantitative estimate of drug-likeness (QED) is 0.764. The number of rotatable bonds is 7. The summed E-state index contributed by atoms with van der Waals surface area (Å²) in [6.45, 7) is 5.06. The van der Waals surface area contributed by atoms with Crippen LogP contribution in [0, 0.1) is 5.92 Å². The molecule has 0 amide bonds. The van der Waals surface area contributed by atoms with Crippen molar-refractivity contribution in [2.24, 2.45) is 5.92 Å². The Morgan fingerprint density at radius 3 is 2.83 bits per heavy atom. The zero-order valence-corrected chi connectivity index (χ0v) is 12.2. The Kier molecular flexibility index (Phi) is 6.18. The summed E-state index contributed by atoms with van der Waals surface area (Å²) in [6, 6.07) is 5.02. The lowest BCUT2D eigenvalue weighted by molar-refractivity contribution is 0.134. The summed E-state index contributed by atoms with van der Waals surface area (Å²) < 4.78 is 5.66. The minimum absolute atomic E-state index is 0.738. The van der Waals surface area contributed by atoms with Crippen LogP contribution in [0.1, 0.15) is 37.5 Å². The third-order valence-electron chi connectivity index (χ3n) is 3.77. The molecule has 1 aliphatic carbocycles. The zero-order chi connectivity index (χ0) is 12.6. The van der Waals surface area contributed by atoms with Gasteiger partial charge in [-0.25, -0.2) is 0 Å². The van der Waals surface area contributed by atoms with E-state index in [1.165, 1.54) is 30.6 Å². The van der Waals surface area contributed by atoms with Crippen molar-refractivity contribution in [3.05, 3.63) is 22.4 Å². The standard InChI is InChI=1S/C15H25NOS/c1-13-4-6-14(7-5-13)16-9-11-17-10-8-15-3-2-12-18-15/h2-3,12-14,16H,4-11H2,1H3. The van der Waals surface area contributed by atoms with Gasteiger partial charge in [0.05, 0.1) is 13.2 Å². The summed E-state index contributed by atoms with van der Waals surface area (Å²) >= 11 is 1.81. The first-order chi connectivity index (χ1) is 8.84. The van der Waals surface area contributed by atoms with E-state index >= 15 is 0 Å². The molecule has 2 nitrogen and oxygen atoms in total. The van der Waals surface area contributed by atoms with E-state index in [-0.39, 0.29) is 0 Å². The SMILES string of the molecule is CC1CCC(NCCOCCc2cccs2)CC1. The van der Waals surface area contributed by atoms with Crippen LogP contribution in [0.5, 0.6) is 0 Å². The second-order valence-electron chi connectivity index (χ2n) is 5.35. The Morgan fingerprint density at radius 1 is 1.28 bits per heavy atom. The highest BCUT2D eigenvalue weighted by atomic mass is 32.1. The highest BCUT2D eigenvalue weighted by Crippen LogP contribution is 2.23. The number of thiophene rings is 1. The van der Waals surface area contributed by atoms with E-state index in [1.54, 1.807) is 0 Å². The van der Waals surface area contributed by atoms with Crippen LogP contribution in [0.15, 0.2) is 17.5 Å². The van der Waals surface area contributed by atoms with Crippen molar-refractivity contribution in [1.29, 1.82) is 0 Å². The van der Waals surface area contributed by atoms with E-state index in [4.69, 9.17) is 4.74 Å². The predicted molar refractivity (Wildman–Crippen MR) is 78.3 cm³/mol. The van der Waals surface area contributed by atoms with Crippen LogP contribution in [0.2, 0.25) is 0 Å². The van der Waals surface area contributed by atoms with Crippen molar-refractivity contribution < 1.29 is 4.74 Å². The molecule has 1 heterocycles. The third-order valence-corrected chi connectivity index (χ3v) is 4.70. The van der Waals surface area contributed by atoms with Crippen LogP contribution in [-0.2, 0) is 11.2 Å². The molecule has 3 heteroatoms. The number of hydrogen-bond donors (Lipinski definition) is 1. The molecule has 0 aromatic carbocycles. The van der Waals surface area contributed by atoms with Crippen molar-refractivity contribution >= 4 is 11.3 Å². The van der Waals surface area contributed by atoms with E-state index in [0.717, 1.165) is 38.1 Å². The van der Waals surface area contributed by atoms with Gasteiger partial charge in [-0.05, 0) is 43.0 Å². The average molecular weight is 267 g/mol. The number of ether oxygens (including phenoxy) is 1. The molecular weight excluding hydrogens is 242 g/mol. The molecule has 1 N–H and O–H groups in total. The van der Waals surface area contributed by atoms with Crippen molar-refractivity contribution in [1.82, 2.24) is 5.32 Å². The summed E-state index contributed by atoms with van der Waals surface area (Å²) in [7, 11) is 0. The van der Waals surface area contributed by atoms with Gasteiger partial charge in [-0.1, -0.05) is 13.0 Å². The average Bonchev–Trinajstić information content (AvgIpc) is 2.89. The van der Waals surface area contributed by atoms with E-state index in [9.17, 15) is 0 Å². The smallest absolute Gasteiger partial charge is 0.0591 e. The fourth-order valence-electron chi connectivity index (χ4n) is 2.53. The number of hydrogen-bond acceptors (Lipinski definition) is 3. The lowest BCUT2D eigenvalue weighted by atomic mass is 9.87. The van der Waals surface area contributed by atoms with Gasteiger partial charge < -0.3 is 10.1 Å². The zero-order valence-electron chi connectivity index (χ0n) is 11.4. The molecule has 1 aliphatic rings. The van der Waals surface area contributed by atoms with Gasteiger partial charge in [0.25, 0.3) is 0 Å². The molecule has 1 fully saturated rings. The Hall–Kier alpha value is -0.380. The Bertz CT molecular complexity index is 304. The van der Waals surface area contributed by atoms with Crippen LogP contribution in [0.3, 0.4) is 0 Å². The Morgan fingerprint density at radius 2 is 2.11 bits per heavy atom. The summed E-state index contributed by atoms with van der Waals surface area (Å²) in [4.78, 5) is 1.42.